The van der Waals surface area contributed by atoms with Crippen LogP contribution in [0, 0.1) is 5.92 Å². The van der Waals surface area contributed by atoms with Gasteiger partial charge in [-0.2, -0.15) is 4.31 Å². The van der Waals surface area contributed by atoms with Crippen LogP contribution in [0.15, 0.2) is 23.4 Å². The van der Waals surface area contributed by atoms with Gasteiger partial charge in [0.1, 0.15) is 0 Å². The molecular formula is C10H14N2O4S. The second-order valence-electron chi connectivity index (χ2n) is 4.09. The lowest BCUT2D eigenvalue weighted by Gasteiger charge is -2.29. The van der Waals surface area contributed by atoms with Crippen molar-refractivity contribution in [3.8, 4) is 0 Å². The average Bonchev–Trinajstić information content (AvgIpc) is 2.83. The number of piperidine rings is 1. The molecular weight excluding hydrogens is 244 g/mol. The third kappa shape index (κ3) is 2.34. The van der Waals surface area contributed by atoms with E-state index in [9.17, 15) is 13.2 Å². The van der Waals surface area contributed by atoms with Gasteiger partial charge in [-0.3, -0.25) is 4.79 Å². The summed E-state index contributed by atoms with van der Waals surface area (Å²) in [6.45, 7) is 0.445. The molecule has 2 rings (SSSR count). The molecule has 2 N–H and O–H groups in total. The number of hydrogen-bond donors (Lipinski definition) is 2. The lowest BCUT2D eigenvalue weighted by Crippen LogP contribution is -2.42. The summed E-state index contributed by atoms with van der Waals surface area (Å²) < 4.78 is 25.5. The van der Waals surface area contributed by atoms with E-state index in [0.717, 1.165) is 0 Å². The number of carbonyl (C=O) groups is 1. The van der Waals surface area contributed by atoms with Gasteiger partial charge in [-0.25, -0.2) is 8.42 Å². The van der Waals surface area contributed by atoms with Gasteiger partial charge in [-0.15, -0.1) is 0 Å². The first-order chi connectivity index (χ1) is 8.01. The lowest BCUT2D eigenvalue weighted by atomic mass is 10.0. The fraction of sp³-hybridized carbons (Fsp3) is 0.500. The van der Waals surface area contributed by atoms with Gasteiger partial charge in [0.05, 0.1) is 10.8 Å². The molecule has 1 aliphatic rings. The molecule has 0 saturated carbocycles. The molecule has 1 aliphatic heterocycles. The Morgan fingerprint density at radius 2 is 2.29 bits per heavy atom. The molecule has 0 aromatic carbocycles. The Bertz CT molecular complexity index is 494. The van der Waals surface area contributed by atoms with Crippen molar-refractivity contribution in [2.75, 3.05) is 13.1 Å². The van der Waals surface area contributed by atoms with Crippen LogP contribution in [-0.4, -0.2) is 41.9 Å². The van der Waals surface area contributed by atoms with Crippen molar-refractivity contribution in [3.05, 3.63) is 18.5 Å². The van der Waals surface area contributed by atoms with E-state index < -0.39 is 21.9 Å². The van der Waals surface area contributed by atoms with Gasteiger partial charge < -0.3 is 10.1 Å². The summed E-state index contributed by atoms with van der Waals surface area (Å²) in [7, 11) is -3.55. The number of rotatable bonds is 3. The highest BCUT2D eigenvalue weighted by molar-refractivity contribution is 7.89. The van der Waals surface area contributed by atoms with E-state index in [1.807, 2.05) is 0 Å². The van der Waals surface area contributed by atoms with E-state index in [0.29, 0.717) is 19.4 Å². The first-order valence-electron chi connectivity index (χ1n) is 5.37. The molecule has 1 aromatic rings. The van der Waals surface area contributed by atoms with Gasteiger partial charge in [0.15, 0.2) is 0 Å². The molecule has 0 aliphatic carbocycles. The van der Waals surface area contributed by atoms with E-state index in [-0.39, 0.29) is 11.4 Å². The largest absolute Gasteiger partial charge is 0.481 e. The molecule has 0 amide bonds. The Kier molecular flexibility index (Phi) is 3.21. The van der Waals surface area contributed by atoms with Gasteiger partial charge in [0.2, 0.25) is 10.0 Å². The Morgan fingerprint density at radius 3 is 2.88 bits per heavy atom. The monoisotopic (exact) mass is 258 g/mol. The number of aromatic nitrogens is 1. The smallest absolute Gasteiger partial charge is 0.307 e. The molecule has 1 fully saturated rings. The zero-order chi connectivity index (χ0) is 12.5. The number of sulfonamides is 1. The number of nitrogens with one attached hydrogen (secondary N) is 1. The van der Waals surface area contributed by atoms with Crippen LogP contribution in [0.2, 0.25) is 0 Å². The topological polar surface area (TPSA) is 90.5 Å². The van der Waals surface area contributed by atoms with Crippen molar-refractivity contribution >= 4 is 16.0 Å². The fourth-order valence-corrected chi connectivity index (χ4v) is 3.48. The quantitative estimate of drug-likeness (QED) is 0.826. The zero-order valence-corrected chi connectivity index (χ0v) is 9.98. The highest BCUT2D eigenvalue weighted by Crippen LogP contribution is 2.23. The van der Waals surface area contributed by atoms with Gasteiger partial charge in [0.25, 0.3) is 0 Å². The number of carboxylic acid groups (broad SMARTS) is 1. The maximum atomic E-state index is 12.1. The summed E-state index contributed by atoms with van der Waals surface area (Å²) in [5.74, 6) is -1.53. The van der Waals surface area contributed by atoms with E-state index in [1.165, 1.54) is 22.8 Å². The molecule has 0 spiro atoms. The molecule has 6 nitrogen and oxygen atoms in total. The van der Waals surface area contributed by atoms with Crippen LogP contribution in [-0.2, 0) is 14.8 Å². The third-order valence-electron chi connectivity index (χ3n) is 2.94. The van der Waals surface area contributed by atoms with Crippen LogP contribution >= 0.6 is 0 Å². The second kappa shape index (κ2) is 4.50. The van der Waals surface area contributed by atoms with E-state index in [2.05, 4.69) is 4.98 Å². The van der Waals surface area contributed by atoms with Gasteiger partial charge in [0, 0.05) is 25.5 Å². The molecule has 17 heavy (non-hydrogen) atoms. The molecule has 0 radical (unpaired) electrons. The predicted octanol–water partition coefficient (Wildman–Crippen LogP) is 0.500. The first kappa shape index (κ1) is 12.1. The number of aromatic amines is 1. The summed E-state index contributed by atoms with van der Waals surface area (Å²) in [6.07, 6.45) is 4.06. The summed E-state index contributed by atoms with van der Waals surface area (Å²) in [5.41, 5.74) is 0. The standard InChI is InChI=1S/C10H14N2O4S/c13-10(14)8-2-1-5-12(7-8)17(15,16)9-3-4-11-6-9/h3-4,6,8,11H,1-2,5,7H2,(H,13,14)/t8-/m0/s1. The van der Waals surface area contributed by atoms with Gasteiger partial charge in [-0.1, -0.05) is 0 Å². The van der Waals surface area contributed by atoms with Crippen LogP contribution in [0.25, 0.3) is 0 Å². The highest BCUT2D eigenvalue weighted by Gasteiger charge is 2.33. The number of carboxylic acids is 1. The van der Waals surface area contributed by atoms with E-state index >= 15 is 0 Å². The summed E-state index contributed by atoms with van der Waals surface area (Å²) >= 11 is 0. The van der Waals surface area contributed by atoms with Crippen LogP contribution in [0.5, 0.6) is 0 Å². The van der Waals surface area contributed by atoms with Crippen LogP contribution in [0.4, 0.5) is 0 Å². The Morgan fingerprint density at radius 1 is 1.53 bits per heavy atom. The van der Waals surface area contributed by atoms with Crippen LogP contribution in [0.1, 0.15) is 12.8 Å². The van der Waals surface area contributed by atoms with Crippen molar-refractivity contribution in [2.45, 2.75) is 17.7 Å². The number of aliphatic carboxylic acids is 1. The molecule has 0 unspecified atom stereocenters. The van der Waals surface area contributed by atoms with Gasteiger partial charge >= 0.3 is 5.97 Å². The van der Waals surface area contributed by atoms with Crippen molar-refractivity contribution in [3.63, 3.8) is 0 Å². The lowest BCUT2D eigenvalue weighted by molar-refractivity contribution is -0.142. The number of H-pyrrole nitrogens is 1. The van der Waals surface area contributed by atoms with Crippen molar-refractivity contribution in [2.24, 2.45) is 5.92 Å². The van der Waals surface area contributed by atoms with Crippen molar-refractivity contribution in [1.29, 1.82) is 0 Å². The molecule has 1 aromatic heterocycles. The highest BCUT2D eigenvalue weighted by atomic mass is 32.2. The Labute approximate surface area is 99.3 Å². The van der Waals surface area contributed by atoms with Gasteiger partial charge in [-0.05, 0) is 18.9 Å². The Balaban J connectivity index is 2.20. The second-order valence-corrected chi connectivity index (χ2v) is 6.03. The fourth-order valence-electron chi connectivity index (χ4n) is 1.98. The van der Waals surface area contributed by atoms with Crippen LogP contribution in [0.3, 0.4) is 0 Å². The maximum Gasteiger partial charge on any atom is 0.307 e. The minimum Gasteiger partial charge on any atom is -0.481 e. The van der Waals surface area contributed by atoms with Crippen molar-refractivity contribution in [1.82, 2.24) is 9.29 Å². The van der Waals surface area contributed by atoms with E-state index in [4.69, 9.17) is 5.11 Å². The molecule has 2 heterocycles. The maximum absolute atomic E-state index is 12.1. The Hall–Kier alpha value is -1.34. The number of nitrogens with zero attached hydrogens (tertiary/aromatic N) is 1. The summed E-state index contributed by atoms with van der Waals surface area (Å²) in [6, 6.07) is 1.47. The van der Waals surface area contributed by atoms with Crippen LogP contribution < -0.4 is 0 Å². The molecule has 7 heteroatoms. The molecule has 1 saturated heterocycles. The third-order valence-corrected chi connectivity index (χ3v) is 4.80. The average molecular weight is 258 g/mol. The molecule has 1 atom stereocenters. The zero-order valence-electron chi connectivity index (χ0n) is 9.17. The number of hydrogen-bond acceptors (Lipinski definition) is 3. The van der Waals surface area contributed by atoms with E-state index in [1.54, 1.807) is 0 Å². The first-order valence-corrected chi connectivity index (χ1v) is 6.81. The van der Waals surface area contributed by atoms with Crippen molar-refractivity contribution < 1.29 is 18.3 Å². The summed E-state index contributed by atoms with van der Waals surface area (Å²) in [5, 5.41) is 8.92. The molecule has 0 bridgehead atoms. The molecule has 94 valence electrons. The normalized spacial score (nSPS) is 22.5. The predicted molar refractivity (Wildman–Crippen MR) is 59.9 cm³/mol. The SMILES string of the molecule is O=C(O)[C@H]1CCCN(S(=O)(=O)c2cc[nH]c2)C1. The summed E-state index contributed by atoms with van der Waals surface area (Å²) in [4.78, 5) is 13.8. The minimum absolute atomic E-state index is 0.0584. The minimum atomic E-state index is -3.55.